The van der Waals surface area contributed by atoms with Crippen molar-refractivity contribution in [3.05, 3.63) is 29.8 Å². The van der Waals surface area contributed by atoms with E-state index in [0.29, 0.717) is 13.2 Å². The van der Waals surface area contributed by atoms with Crippen molar-refractivity contribution in [3.63, 3.8) is 0 Å². The fraction of sp³-hybridized carbons (Fsp3) is 0.385. The highest BCUT2D eigenvalue weighted by Crippen LogP contribution is 2.12. The Bertz CT molecular complexity index is 377. The highest BCUT2D eigenvalue weighted by atomic mass is 16.5. The van der Waals surface area contributed by atoms with Crippen molar-refractivity contribution >= 4 is 0 Å². The smallest absolute Gasteiger partial charge is 0.120 e. The van der Waals surface area contributed by atoms with Crippen LogP contribution in [0.1, 0.15) is 5.56 Å². The van der Waals surface area contributed by atoms with Gasteiger partial charge in [-0.25, -0.2) is 0 Å². The van der Waals surface area contributed by atoms with Gasteiger partial charge in [0, 0.05) is 12.1 Å². The number of nitrogens with two attached hydrogens (primary N) is 1. The minimum Gasteiger partial charge on any atom is -0.492 e. The molecular weight excluding hydrogens is 200 g/mol. The lowest BCUT2D eigenvalue weighted by Gasteiger charge is -2.10. The molecule has 0 heterocycles. The van der Waals surface area contributed by atoms with Crippen molar-refractivity contribution in [3.8, 4) is 17.6 Å². The van der Waals surface area contributed by atoms with Gasteiger partial charge in [-0.2, -0.15) is 0 Å². The van der Waals surface area contributed by atoms with E-state index < -0.39 is 0 Å². The second-order valence-corrected chi connectivity index (χ2v) is 3.69. The summed E-state index contributed by atoms with van der Waals surface area (Å²) in [7, 11) is 4.04. The molecule has 2 N–H and O–H groups in total. The molecule has 1 rings (SSSR count). The Morgan fingerprint density at radius 3 is 2.88 bits per heavy atom. The molecule has 0 unspecified atom stereocenters. The summed E-state index contributed by atoms with van der Waals surface area (Å²) in [4.78, 5) is 2.08. The molecule has 0 fully saturated rings. The molecule has 0 aliphatic heterocycles. The van der Waals surface area contributed by atoms with Crippen molar-refractivity contribution in [2.75, 3.05) is 33.8 Å². The SMILES string of the molecule is CN(C)CCOc1cccc(C#CCN)c1. The molecule has 0 bridgehead atoms. The van der Waals surface area contributed by atoms with Crippen LogP contribution in [0.25, 0.3) is 0 Å². The van der Waals surface area contributed by atoms with E-state index in [-0.39, 0.29) is 0 Å². The van der Waals surface area contributed by atoms with Crippen LogP contribution < -0.4 is 10.5 Å². The summed E-state index contributed by atoms with van der Waals surface area (Å²) >= 11 is 0. The van der Waals surface area contributed by atoms with Crippen molar-refractivity contribution in [2.24, 2.45) is 5.73 Å². The molecule has 0 saturated heterocycles. The number of nitrogens with zero attached hydrogens (tertiary/aromatic N) is 1. The summed E-state index contributed by atoms with van der Waals surface area (Å²) in [5.41, 5.74) is 6.26. The predicted octanol–water partition coefficient (Wildman–Crippen LogP) is 0.937. The maximum atomic E-state index is 5.60. The van der Waals surface area contributed by atoms with Crippen LogP contribution >= 0.6 is 0 Å². The molecule has 1 aromatic rings. The van der Waals surface area contributed by atoms with Crippen LogP contribution in [0.3, 0.4) is 0 Å². The average Bonchev–Trinajstić information content (AvgIpc) is 2.26. The number of hydrogen-bond donors (Lipinski definition) is 1. The van der Waals surface area contributed by atoms with Gasteiger partial charge in [0.15, 0.2) is 0 Å². The summed E-state index contributed by atoms with van der Waals surface area (Å²) in [5, 5.41) is 0. The molecule has 86 valence electrons. The Morgan fingerprint density at radius 2 is 2.19 bits per heavy atom. The highest BCUT2D eigenvalue weighted by Gasteiger charge is 1.95. The standard InChI is InChI=1S/C13H18N2O/c1-15(2)9-10-16-13-7-3-5-12(11-13)6-4-8-14/h3,5,7,11H,8-10,14H2,1-2H3. The van der Waals surface area contributed by atoms with Crippen molar-refractivity contribution in [1.82, 2.24) is 4.90 Å². The Labute approximate surface area is 97.2 Å². The molecular formula is C13H18N2O. The van der Waals surface area contributed by atoms with Gasteiger partial charge in [-0.15, -0.1) is 0 Å². The van der Waals surface area contributed by atoms with Crippen LogP contribution in [0.2, 0.25) is 0 Å². The van der Waals surface area contributed by atoms with Gasteiger partial charge in [0.2, 0.25) is 0 Å². The summed E-state index contributed by atoms with van der Waals surface area (Å²) in [6.07, 6.45) is 0. The van der Waals surface area contributed by atoms with Crippen molar-refractivity contribution in [2.45, 2.75) is 0 Å². The van der Waals surface area contributed by atoms with E-state index in [0.717, 1.165) is 17.9 Å². The number of likely N-dealkylation sites (N-methyl/N-ethyl adjacent to an activating group) is 1. The van der Waals surface area contributed by atoms with Crippen LogP contribution in [0.4, 0.5) is 0 Å². The number of benzene rings is 1. The summed E-state index contributed by atoms with van der Waals surface area (Å²) in [6.45, 7) is 1.96. The summed E-state index contributed by atoms with van der Waals surface area (Å²) in [6, 6.07) is 7.74. The van der Waals surface area contributed by atoms with E-state index in [9.17, 15) is 0 Å². The molecule has 0 aromatic heterocycles. The minimum atomic E-state index is 0.381. The van der Waals surface area contributed by atoms with Crippen LogP contribution in [0.15, 0.2) is 24.3 Å². The Hall–Kier alpha value is -1.50. The van der Waals surface area contributed by atoms with E-state index in [1.54, 1.807) is 0 Å². The summed E-state index contributed by atoms with van der Waals surface area (Å²) in [5.74, 6) is 6.65. The fourth-order valence-electron chi connectivity index (χ4n) is 1.16. The zero-order valence-electron chi connectivity index (χ0n) is 9.86. The van der Waals surface area contributed by atoms with Gasteiger partial charge in [0.05, 0.1) is 6.54 Å². The van der Waals surface area contributed by atoms with Gasteiger partial charge in [-0.3, -0.25) is 0 Å². The molecule has 0 saturated carbocycles. The second kappa shape index (κ2) is 6.89. The molecule has 0 spiro atoms. The van der Waals surface area contributed by atoms with Gasteiger partial charge < -0.3 is 15.4 Å². The van der Waals surface area contributed by atoms with Crippen LogP contribution in [0, 0.1) is 11.8 Å². The van der Waals surface area contributed by atoms with Gasteiger partial charge in [-0.1, -0.05) is 17.9 Å². The second-order valence-electron chi connectivity index (χ2n) is 3.69. The van der Waals surface area contributed by atoms with E-state index in [1.807, 2.05) is 38.4 Å². The number of hydrogen-bond acceptors (Lipinski definition) is 3. The Balaban J connectivity index is 2.54. The Kier molecular flexibility index (Phi) is 5.41. The van der Waals surface area contributed by atoms with E-state index in [2.05, 4.69) is 16.7 Å². The van der Waals surface area contributed by atoms with E-state index >= 15 is 0 Å². The first kappa shape index (κ1) is 12.6. The monoisotopic (exact) mass is 218 g/mol. The molecule has 0 aliphatic carbocycles. The molecule has 0 atom stereocenters. The average molecular weight is 218 g/mol. The lowest BCUT2D eigenvalue weighted by Crippen LogP contribution is -2.19. The quantitative estimate of drug-likeness (QED) is 0.764. The van der Waals surface area contributed by atoms with Crippen LogP contribution in [-0.4, -0.2) is 38.7 Å². The maximum absolute atomic E-state index is 5.60. The zero-order chi connectivity index (χ0) is 11.8. The number of ether oxygens (including phenoxy) is 1. The maximum Gasteiger partial charge on any atom is 0.120 e. The lowest BCUT2D eigenvalue weighted by molar-refractivity contribution is 0.261. The highest BCUT2D eigenvalue weighted by molar-refractivity contribution is 5.39. The van der Waals surface area contributed by atoms with Crippen LogP contribution in [0.5, 0.6) is 5.75 Å². The summed E-state index contributed by atoms with van der Waals surface area (Å²) < 4.78 is 5.60. The molecule has 0 aliphatic rings. The van der Waals surface area contributed by atoms with Gasteiger partial charge >= 0.3 is 0 Å². The molecule has 3 heteroatoms. The topological polar surface area (TPSA) is 38.5 Å². The fourth-order valence-corrected chi connectivity index (χ4v) is 1.16. The Morgan fingerprint density at radius 1 is 1.38 bits per heavy atom. The van der Waals surface area contributed by atoms with Gasteiger partial charge in [0.1, 0.15) is 12.4 Å². The zero-order valence-corrected chi connectivity index (χ0v) is 9.86. The molecule has 1 aromatic carbocycles. The van der Waals surface area contributed by atoms with Crippen LogP contribution in [-0.2, 0) is 0 Å². The molecule has 16 heavy (non-hydrogen) atoms. The first-order valence-electron chi connectivity index (χ1n) is 5.29. The number of rotatable bonds is 4. The lowest BCUT2D eigenvalue weighted by atomic mass is 10.2. The van der Waals surface area contributed by atoms with Crippen molar-refractivity contribution < 1.29 is 4.74 Å². The minimum absolute atomic E-state index is 0.381. The third kappa shape index (κ3) is 4.83. The molecule has 0 radical (unpaired) electrons. The first-order valence-corrected chi connectivity index (χ1v) is 5.29. The third-order valence-electron chi connectivity index (χ3n) is 1.98. The van der Waals surface area contributed by atoms with Gasteiger partial charge in [-0.05, 0) is 32.3 Å². The van der Waals surface area contributed by atoms with Gasteiger partial charge in [0.25, 0.3) is 0 Å². The normalized spacial score (nSPS) is 9.75. The first-order chi connectivity index (χ1) is 7.72. The van der Waals surface area contributed by atoms with E-state index in [1.165, 1.54) is 0 Å². The molecule has 3 nitrogen and oxygen atoms in total. The molecule has 0 amide bonds. The van der Waals surface area contributed by atoms with E-state index in [4.69, 9.17) is 10.5 Å². The predicted molar refractivity (Wildman–Crippen MR) is 66.4 cm³/mol. The van der Waals surface area contributed by atoms with Crippen molar-refractivity contribution in [1.29, 1.82) is 0 Å². The largest absolute Gasteiger partial charge is 0.492 e. The third-order valence-corrected chi connectivity index (χ3v) is 1.98.